The van der Waals surface area contributed by atoms with Crippen LogP contribution in [0, 0.1) is 0 Å². The molecule has 1 atom stereocenters. The number of pyridine rings is 1. The van der Waals surface area contributed by atoms with Gasteiger partial charge >= 0.3 is 10.8 Å². The lowest BCUT2D eigenvalue weighted by Crippen LogP contribution is -2.15. The number of ether oxygens (including phenoxy) is 1. The van der Waals surface area contributed by atoms with Crippen molar-refractivity contribution in [3.05, 3.63) is 56.9 Å². The van der Waals surface area contributed by atoms with Gasteiger partial charge in [0.15, 0.2) is 0 Å². The molecule has 130 valence electrons. The van der Waals surface area contributed by atoms with E-state index in [2.05, 4.69) is 4.98 Å². The molecule has 0 saturated heterocycles. The van der Waals surface area contributed by atoms with Crippen molar-refractivity contribution in [2.45, 2.75) is 26.0 Å². The fourth-order valence-corrected chi connectivity index (χ4v) is 3.57. The molecular weight excluding hydrogens is 364 g/mol. The zero-order chi connectivity index (χ0) is 18.0. The molecule has 1 aromatic carbocycles. The van der Waals surface area contributed by atoms with Crippen molar-refractivity contribution >= 4 is 39.1 Å². The Hall–Kier alpha value is -2.38. The molecular formula is C17H15ClN2O4S. The molecule has 8 heteroatoms. The van der Waals surface area contributed by atoms with Crippen molar-refractivity contribution < 1.29 is 14.6 Å². The molecule has 0 radical (unpaired) electrons. The quantitative estimate of drug-likeness (QED) is 0.706. The third-order valence-corrected chi connectivity index (χ3v) is 4.92. The first-order valence-corrected chi connectivity index (χ1v) is 8.77. The van der Waals surface area contributed by atoms with E-state index >= 15 is 0 Å². The van der Waals surface area contributed by atoms with Gasteiger partial charge in [0.1, 0.15) is 11.9 Å². The van der Waals surface area contributed by atoms with E-state index in [4.69, 9.17) is 21.4 Å². The number of benzene rings is 1. The first-order chi connectivity index (χ1) is 12.0. The maximum atomic E-state index is 12.1. The maximum absolute atomic E-state index is 12.1. The average Bonchev–Trinajstić information content (AvgIpc) is 2.88. The molecule has 0 aliphatic carbocycles. The summed E-state index contributed by atoms with van der Waals surface area (Å²) in [5.41, 5.74) is 1.38. The van der Waals surface area contributed by atoms with Gasteiger partial charge in [-0.25, -0.2) is 0 Å². The molecule has 3 rings (SSSR count). The van der Waals surface area contributed by atoms with E-state index < -0.39 is 5.97 Å². The van der Waals surface area contributed by atoms with Crippen LogP contribution >= 0.6 is 22.9 Å². The number of thiazole rings is 1. The van der Waals surface area contributed by atoms with Crippen molar-refractivity contribution in [3.8, 4) is 5.75 Å². The number of aliphatic carboxylic acids is 1. The maximum Gasteiger partial charge on any atom is 0.308 e. The number of fused-ring (bicyclic) bond motifs is 1. The molecule has 2 aromatic heterocycles. The summed E-state index contributed by atoms with van der Waals surface area (Å²) in [4.78, 5) is 26.9. The number of hydrogen-bond acceptors (Lipinski definition) is 5. The Morgan fingerprint density at radius 3 is 2.92 bits per heavy atom. The SMILES string of the molecule is C[C@@H](Oc1cc2sc(=O)n(CCC(=O)O)c2cc1Cl)c1ccccn1. The molecule has 0 amide bonds. The van der Waals surface area contributed by atoms with Crippen molar-refractivity contribution in [1.82, 2.24) is 9.55 Å². The Labute approximate surface area is 152 Å². The molecule has 6 nitrogen and oxygen atoms in total. The molecule has 0 saturated carbocycles. The smallest absolute Gasteiger partial charge is 0.308 e. The highest BCUT2D eigenvalue weighted by Gasteiger charge is 2.15. The zero-order valence-electron chi connectivity index (χ0n) is 13.3. The van der Waals surface area contributed by atoms with E-state index in [-0.39, 0.29) is 23.9 Å². The Balaban J connectivity index is 1.92. The van der Waals surface area contributed by atoms with Crippen LogP contribution in [-0.4, -0.2) is 20.6 Å². The third kappa shape index (κ3) is 3.83. The summed E-state index contributed by atoms with van der Waals surface area (Å²) in [7, 11) is 0. The van der Waals surface area contributed by atoms with Crippen LogP contribution in [-0.2, 0) is 11.3 Å². The fraction of sp³-hybridized carbons (Fsp3) is 0.235. The third-order valence-electron chi connectivity index (χ3n) is 3.68. The normalized spacial score (nSPS) is 12.2. The van der Waals surface area contributed by atoms with Gasteiger partial charge in [0.05, 0.1) is 27.4 Å². The van der Waals surface area contributed by atoms with Crippen LogP contribution in [0.2, 0.25) is 5.02 Å². The van der Waals surface area contributed by atoms with Crippen LogP contribution in [0.4, 0.5) is 0 Å². The standard InChI is InChI=1S/C17H15ClN2O4S/c1-10(12-4-2-3-6-19-12)24-14-9-15-13(8-11(14)18)20(17(23)25-15)7-5-16(21)22/h2-4,6,8-10H,5,7H2,1H3,(H,21,22)/t10-/m1/s1. The summed E-state index contributed by atoms with van der Waals surface area (Å²) in [5.74, 6) is -0.500. The zero-order valence-corrected chi connectivity index (χ0v) is 14.9. The largest absolute Gasteiger partial charge is 0.483 e. The second-order valence-corrected chi connectivity index (χ2v) is 6.83. The van der Waals surface area contributed by atoms with E-state index in [1.165, 1.54) is 4.57 Å². The Kier molecular flexibility index (Phi) is 5.06. The minimum absolute atomic E-state index is 0.106. The summed E-state index contributed by atoms with van der Waals surface area (Å²) in [5, 5.41) is 9.18. The molecule has 0 bridgehead atoms. The number of carboxylic acids is 1. The summed E-state index contributed by atoms with van der Waals surface area (Å²) < 4.78 is 8.01. The van der Waals surface area contributed by atoms with Gasteiger partial charge in [-0.3, -0.25) is 19.1 Å². The van der Waals surface area contributed by atoms with Crippen LogP contribution in [0.1, 0.15) is 25.1 Å². The highest BCUT2D eigenvalue weighted by Crippen LogP contribution is 2.34. The second kappa shape index (κ2) is 7.25. The van der Waals surface area contributed by atoms with Gasteiger partial charge in [0.25, 0.3) is 0 Å². The van der Waals surface area contributed by atoms with Crippen LogP contribution in [0.15, 0.2) is 41.3 Å². The summed E-state index contributed by atoms with van der Waals surface area (Å²) in [6.45, 7) is 1.97. The van der Waals surface area contributed by atoms with Gasteiger partial charge in [0.2, 0.25) is 0 Å². The van der Waals surface area contributed by atoms with Crippen molar-refractivity contribution in [2.24, 2.45) is 0 Å². The molecule has 1 N–H and O–H groups in total. The second-order valence-electron chi connectivity index (χ2n) is 5.43. The Morgan fingerprint density at radius 2 is 2.24 bits per heavy atom. The van der Waals surface area contributed by atoms with Crippen LogP contribution in [0.3, 0.4) is 0 Å². The highest BCUT2D eigenvalue weighted by molar-refractivity contribution is 7.16. The summed E-state index contributed by atoms with van der Waals surface area (Å²) in [6, 6.07) is 8.91. The van der Waals surface area contributed by atoms with Crippen molar-refractivity contribution in [1.29, 1.82) is 0 Å². The molecule has 3 aromatic rings. The van der Waals surface area contributed by atoms with E-state index in [0.29, 0.717) is 21.0 Å². The number of rotatable bonds is 6. The van der Waals surface area contributed by atoms with Gasteiger partial charge in [-0.15, -0.1) is 0 Å². The lowest BCUT2D eigenvalue weighted by atomic mass is 10.2. The van der Waals surface area contributed by atoms with E-state index in [1.54, 1.807) is 18.3 Å². The first kappa shape index (κ1) is 17.4. The average molecular weight is 379 g/mol. The lowest BCUT2D eigenvalue weighted by Gasteiger charge is -2.15. The van der Waals surface area contributed by atoms with E-state index in [9.17, 15) is 9.59 Å². The number of carbonyl (C=O) groups is 1. The van der Waals surface area contributed by atoms with Gasteiger partial charge in [-0.1, -0.05) is 29.0 Å². The predicted molar refractivity (Wildman–Crippen MR) is 96.6 cm³/mol. The number of hydrogen-bond donors (Lipinski definition) is 1. The number of halogens is 1. The topological polar surface area (TPSA) is 81.4 Å². The fourth-order valence-electron chi connectivity index (χ4n) is 2.44. The molecule has 25 heavy (non-hydrogen) atoms. The molecule has 0 spiro atoms. The van der Waals surface area contributed by atoms with E-state index in [1.807, 2.05) is 25.1 Å². The van der Waals surface area contributed by atoms with Crippen LogP contribution in [0.25, 0.3) is 10.2 Å². The van der Waals surface area contributed by atoms with Crippen molar-refractivity contribution in [3.63, 3.8) is 0 Å². The first-order valence-electron chi connectivity index (χ1n) is 7.58. The van der Waals surface area contributed by atoms with Gasteiger partial charge < -0.3 is 9.84 Å². The minimum Gasteiger partial charge on any atom is -0.483 e. The minimum atomic E-state index is -0.957. The Morgan fingerprint density at radius 1 is 1.44 bits per heavy atom. The Bertz CT molecular complexity index is 968. The molecule has 2 heterocycles. The van der Waals surface area contributed by atoms with Crippen LogP contribution in [0.5, 0.6) is 5.75 Å². The number of aryl methyl sites for hydroxylation is 1. The molecule has 0 aliphatic rings. The molecule has 0 aliphatic heterocycles. The van der Waals surface area contributed by atoms with Crippen molar-refractivity contribution in [2.75, 3.05) is 0 Å². The summed E-state index contributed by atoms with van der Waals surface area (Å²) in [6.07, 6.45) is 1.26. The van der Waals surface area contributed by atoms with Gasteiger partial charge in [-0.2, -0.15) is 0 Å². The lowest BCUT2D eigenvalue weighted by molar-refractivity contribution is -0.137. The van der Waals surface area contributed by atoms with Gasteiger partial charge in [-0.05, 0) is 25.1 Å². The van der Waals surface area contributed by atoms with E-state index in [0.717, 1.165) is 17.0 Å². The number of nitrogens with zero attached hydrogens (tertiary/aromatic N) is 2. The predicted octanol–water partition coefficient (Wildman–Crippen LogP) is 3.73. The van der Waals surface area contributed by atoms with Gasteiger partial charge in [0, 0.05) is 18.8 Å². The molecule has 0 unspecified atom stereocenters. The number of aromatic nitrogens is 2. The molecule has 0 fully saturated rings. The number of carboxylic acid groups (broad SMARTS) is 1. The van der Waals surface area contributed by atoms with Crippen LogP contribution < -0.4 is 9.61 Å². The summed E-state index contributed by atoms with van der Waals surface area (Å²) >= 11 is 7.34. The monoisotopic (exact) mass is 378 g/mol. The highest BCUT2D eigenvalue weighted by atomic mass is 35.5.